The molecule has 0 radical (unpaired) electrons. The summed E-state index contributed by atoms with van der Waals surface area (Å²) in [5.74, 6) is 1.24. The molecule has 1 saturated heterocycles. The predicted molar refractivity (Wildman–Crippen MR) is 128 cm³/mol. The van der Waals surface area contributed by atoms with Crippen LogP contribution in [0, 0.1) is 0 Å². The minimum Gasteiger partial charge on any atom is -0.497 e. The van der Waals surface area contributed by atoms with Crippen molar-refractivity contribution in [2.75, 3.05) is 25.5 Å². The van der Waals surface area contributed by atoms with Gasteiger partial charge in [-0.15, -0.1) is 24.0 Å². The number of halogens is 1. The maximum atomic E-state index is 6.08. The molecule has 5 nitrogen and oxygen atoms in total. The summed E-state index contributed by atoms with van der Waals surface area (Å²) in [7, 11) is 1.65. The Morgan fingerprint density at radius 3 is 2.29 bits per heavy atom. The number of aliphatic imine (C=N–C) groups is 1. The molecule has 0 saturated carbocycles. The van der Waals surface area contributed by atoms with Crippen LogP contribution in [0.3, 0.4) is 0 Å². The molecule has 0 unspecified atom stereocenters. The summed E-state index contributed by atoms with van der Waals surface area (Å²) in [6, 6.07) is 16.2. The van der Waals surface area contributed by atoms with Gasteiger partial charge in [-0.05, 0) is 61.3 Å². The molecule has 152 valence electrons. The van der Waals surface area contributed by atoms with Crippen molar-refractivity contribution in [3.63, 3.8) is 0 Å². The number of nitrogens with one attached hydrogen (secondary N) is 1. The number of hydrogen-bond donors (Lipinski definition) is 2. The van der Waals surface area contributed by atoms with Crippen molar-refractivity contribution in [1.82, 2.24) is 4.90 Å². The van der Waals surface area contributed by atoms with Crippen LogP contribution in [0.15, 0.2) is 53.5 Å². The molecule has 1 aliphatic heterocycles. The number of methoxy groups -OCH3 is 1. The van der Waals surface area contributed by atoms with Crippen LogP contribution in [-0.2, 0) is 13.1 Å². The number of nitrogens with zero attached hydrogens (tertiary/aromatic N) is 2. The largest absolute Gasteiger partial charge is 0.497 e. The van der Waals surface area contributed by atoms with Crippen molar-refractivity contribution < 1.29 is 4.74 Å². The number of benzene rings is 2. The van der Waals surface area contributed by atoms with Crippen LogP contribution >= 0.6 is 24.0 Å². The van der Waals surface area contributed by atoms with E-state index in [0.717, 1.165) is 18.0 Å². The second-order valence-electron chi connectivity index (χ2n) is 7.01. The van der Waals surface area contributed by atoms with E-state index in [1.54, 1.807) is 7.11 Å². The molecule has 0 amide bonds. The minimum absolute atomic E-state index is 0. The highest BCUT2D eigenvalue weighted by Gasteiger charge is 2.11. The van der Waals surface area contributed by atoms with Gasteiger partial charge in [-0.2, -0.15) is 0 Å². The maximum absolute atomic E-state index is 6.08. The number of anilines is 1. The van der Waals surface area contributed by atoms with E-state index in [4.69, 9.17) is 10.5 Å². The summed E-state index contributed by atoms with van der Waals surface area (Å²) in [6.07, 6.45) is 5.32. The predicted octanol–water partition coefficient (Wildman–Crippen LogP) is 4.62. The molecule has 0 aliphatic carbocycles. The second kappa shape index (κ2) is 11.9. The van der Waals surface area contributed by atoms with Gasteiger partial charge in [0.05, 0.1) is 13.7 Å². The normalized spacial score (nSPS) is 15.4. The maximum Gasteiger partial charge on any atom is 0.193 e. The third-order valence-electron chi connectivity index (χ3n) is 4.99. The zero-order valence-electron chi connectivity index (χ0n) is 16.6. The fourth-order valence-electron chi connectivity index (χ4n) is 3.43. The molecule has 2 aromatic carbocycles. The van der Waals surface area contributed by atoms with Crippen LogP contribution in [0.4, 0.5) is 5.69 Å². The van der Waals surface area contributed by atoms with E-state index in [1.165, 1.54) is 49.9 Å². The first-order chi connectivity index (χ1) is 13.2. The molecule has 3 rings (SSSR count). The number of hydrogen-bond acceptors (Lipinski definition) is 3. The molecule has 0 bridgehead atoms. The van der Waals surface area contributed by atoms with E-state index in [-0.39, 0.29) is 24.0 Å². The lowest BCUT2D eigenvalue weighted by Crippen LogP contribution is -2.25. The SMILES string of the molecule is COc1ccc(NC(N)=NCc2ccccc2CN2CCCCCC2)cc1.I. The van der Waals surface area contributed by atoms with Gasteiger partial charge in [0, 0.05) is 12.2 Å². The van der Waals surface area contributed by atoms with Crippen molar-refractivity contribution in [3.8, 4) is 5.75 Å². The molecular formula is C22H31IN4O. The highest BCUT2D eigenvalue weighted by Crippen LogP contribution is 2.17. The lowest BCUT2D eigenvalue weighted by Gasteiger charge is -2.21. The lowest BCUT2D eigenvalue weighted by atomic mass is 10.1. The van der Waals surface area contributed by atoms with E-state index < -0.39 is 0 Å². The van der Waals surface area contributed by atoms with Crippen molar-refractivity contribution in [1.29, 1.82) is 0 Å². The van der Waals surface area contributed by atoms with Crippen molar-refractivity contribution in [2.24, 2.45) is 10.7 Å². The topological polar surface area (TPSA) is 62.9 Å². The van der Waals surface area contributed by atoms with Gasteiger partial charge in [-0.1, -0.05) is 37.1 Å². The molecule has 1 aliphatic rings. The Balaban J connectivity index is 0.00000280. The average Bonchev–Trinajstić information content (AvgIpc) is 2.97. The molecule has 28 heavy (non-hydrogen) atoms. The number of ether oxygens (including phenoxy) is 1. The lowest BCUT2D eigenvalue weighted by molar-refractivity contribution is 0.276. The van der Waals surface area contributed by atoms with Gasteiger partial charge in [-0.3, -0.25) is 4.90 Å². The highest BCUT2D eigenvalue weighted by atomic mass is 127. The third-order valence-corrected chi connectivity index (χ3v) is 4.99. The smallest absolute Gasteiger partial charge is 0.193 e. The number of nitrogens with two attached hydrogens (primary N) is 1. The van der Waals surface area contributed by atoms with Gasteiger partial charge in [0.1, 0.15) is 5.75 Å². The first kappa shape index (κ1) is 22.5. The van der Waals surface area contributed by atoms with Crippen LogP contribution < -0.4 is 15.8 Å². The molecule has 0 atom stereocenters. The summed E-state index contributed by atoms with van der Waals surface area (Å²) in [5.41, 5.74) is 9.56. The third kappa shape index (κ3) is 6.98. The van der Waals surface area contributed by atoms with Gasteiger partial charge in [0.15, 0.2) is 5.96 Å². The van der Waals surface area contributed by atoms with Crippen molar-refractivity contribution in [2.45, 2.75) is 38.8 Å². The number of likely N-dealkylation sites (tertiary alicyclic amines) is 1. The molecule has 2 aromatic rings. The molecule has 0 aromatic heterocycles. The Labute approximate surface area is 185 Å². The first-order valence-corrected chi connectivity index (χ1v) is 9.75. The molecule has 1 heterocycles. The molecule has 1 fully saturated rings. The monoisotopic (exact) mass is 494 g/mol. The van der Waals surface area contributed by atoms with E-state index in [0.29, 0.717) is 12.5 Å². The Morgan fingerprint density at radius 1 is 1.00 bits per heavy atom. The van der Waals surface area contributed by atoms with Crippen LogP contribution in [0.1, 0.15) is 36.8 Å². The minimum atomic E-state index is 0. The zero-order valence-corrected chi connectivity index (χ0v) is 18.9. The number of rotatable bonds is 6. The van der Waals surface area contributed by atoms with E-state index >= 15 is 0 Å². The van der Waals surface area contributed by atoms with E-state index in [9.17, 15) is 0 Å². The number of guanidine groups is 1. The summed E-state index contributed by atoms with van der Waals surface area (Å²) in [4.78, 5) is 7.10. The second-order valence-corrected chi connectivity index (χ2v) is 7.01. The molecular weight excluding hydrogens is 463 g/mol. The van der Waals surface area contributed by atoms with E-state index in [2.05, 4.69) is 39.5 Å². The molecule has 6 heteroatoms. The Hall–Kier alpha value is -1.80. The van der Waals surface area contributed by atoms with Crippen LogP contribution in [0.25, 0.3) is 0 Å². The quantitative estimate of drug-likeness (QED) is 0.350. The summed E-state index contributed by atoms with van der Waals surface area (Å²) in [6.45, 7) is 3.97. The van der Waals surface area contributed by atoms with Crippen molar-refractivity contribution >= 4 is 35.6 Å². The molecule has 0 spiro atoms. The van der Waals surface area contributed by atoms with Gasteiger partial charge in [0.2, 0.25) is 0 Å². The van der Waals surface area contributed by atoms with Gasteiger partial charge in [0.25, 0.3) is 0 Å². The first-order valence-electron chi connectivity index (χ1n) is 9.75. The zero-order chi connectivity index (χ0) is 18.9. The van der Waals surface area contributed by atoms with E-state index in [1.807, 2.05) is 24.3 Å². The van der Waals surface area contributed by atoms with Gasteiger partial charge < -0.3 is 15.8 Å². The fourth-order valence-corrected chi connectivity index (χ4v) is 3.43. The standard InChI is InChI=1S/C22H30N4O.HI/c1-27-21-12-10-20(11-13-21)25-22(23)24-16-18-8-4-5-9-19(18)17-26-14-6-2-3-7-15-26;/h4-5,8-13H,2-3,6-7,14-17H2,1H3,(H3,23,24,25);1H. The Morgan fingerprint density at radius 2 is 1.64 bits per heavy atom. The fraction of sp³-hybridized carbons (Fsp3) is 0.409. The Kier molecular flexibility index (Phi) is 9.57. The molecule has 3 N–H and O–H groups in total. The summed E-state index contributed by atoms with van der Waals surface area (Å²) in [5, 5.41) is 3.13. The van der Waals surface area contributed by atoms with Crippen LogP contribution in [0.2, 0.25) is 0 Å². The summed E-state index contributed by atoms with van der Waals surface area (Å²) >= 11 is 0. The highest BCUT2D eigenvalue weighted by molar-refractivity contribution is 14.0. The van der Waals surface area contributed by atoms with Gasteiger partial charge >= 0.3 is 0 Å². The van der Waals surface area contributed by atoms with Crippen LogP contribution in [0.5, 0.6) is 5.75 Å². The van der Waals surface area contributed by atoms with Crippen molar-refractivity contribution in [3.05, 3.63) is 59.7 Å². The van der Waals surface area contributed by atoms with Gasteiger partial charge in [-0.25, -0.2) is 4.99 Å². The summed E-state index contributed by atoms with van der Waals surface area (Å²) < 4.78 is 5.17. The average molecular weight is 494 g/mol. The van der Waals surface area contributed by atoms with Crippen LogP contribution in [-0.4, -0.2) is 31.1 Å². The Bertz CT molecular complexity index is 740.